The van der Waals surface area contributed by atoms with Gasteiger partial charge in [0, 0.05) is 21.6 Å². The van der Waals surface area contributed by atoms with Crippen LogP contribution in [0.3, 0.4) is 0 Å². The van der Waals surface area contributed by atoms with Crippen LogP contribution in [0, 0.1) is 0 Å². The van der Waals surface area contributed by atoms with E-state index in [4.69, 9.17) is 4.74 Å². The molecular formula is C14H12Br2O3S. The van der Waals surface area contributed by atoms with E-state index in [2.05, 4.69) is 31.9 Å². The van der Waals surface area contributed by atoms with Crippen LogP contribution in [0.25, 0.3) is 0 Å². The fourth-order valence-electron chi connectivity index (χ4n) is 1.63. The van der Waals surface area contributed by atoms with E-state index < -0.39 is 9.84 Å². The summed E-state index contributed by atoms with van der Waals surface area (Å²) in [6.07, 6.45) is 1.18. The zero-order valence-electron chi connectivity index (χ0n) is 10.6. The zero-order chi connectivity index (χ0) is 14.8. The molecule has 3 nitrogen and oxygen atoms in total. The number of rotatable bonds is 4. The first kappa shape index (κ1) is 15.5. The van der Waals surface area contributed by atoms with E-state index >= 15 is 0 Å². The molecule has 0 aliphatic heterocycles. The van der Waals surface area contributed by atoms with E-state index in [1.165, 1.54) is 18.4 Å². The third-order valence-corrected chi connectivity index (χ3v) is 4.87. The van der Waals surface area contributed by atoms with Crippen molar-refractivity contribution in [2.75, 3.05) is 6.26 Å². The Morgan fingerprint density at radius 1 is 1.10 bits per heavy atom. The van der Waals surface area contributed by atoms with Crippen LogP contribution < -0.4 is 4.74 Å². The molecule has 2 rings (SSSR count). The van der Waals surface area contributed by atoms with Crippen molar-refractivity contribution in [1.29, 1.82) is 0 Å². The summed E-state index contributed by atoms with van der Waals surface area (Å²) < 4.78 is 29.5. The Balaban J connectivity index is 2.27. The van der Waals surface area contributed by atoms with Crippen LogP contribution in [0.5, 0.6) is 11.5 Å². The van der Waals surface area contributed by atoms with Gasteiger partial charge < -0.3 is 4.74 Å². The average Bonchev–Trinajstić information content (AvgIpc) is 2.40. The Bertz CT molecular complexity index is 710. The molecule has 0 amide bonds. The minimum absolute atomic E-state index is 0.279. The van der Waals surface area contributed by atoms with Gasteiger partial charge in [0.25, 0.3) is 0 Å². The Hall–Kier alpha value is -0.850. The van der Waals surface area contributed by atoms with Crippen molar-refractivity contribution in [2.24, 2.45) is 0 Å². The van der Waals surface area contributed by atoms with Crippen molar-refractivity contribution >= 4 is 41.7 Å². The number of sulfone groups is 1. The Morgan fingerprint density at radius 2 is 1.75 bits per heavy atom. The molecule has 6 heteroatoms. The maximum absolute atomic E-state index is 11.4. The van der Waals surface area contributed by atoms with Gasteiger partial charge in [0.2, 0.25) is 0 Å². The Kier molecular flexibility index (Phi) is 4.88. The molecule has 0 fully saturated rings. The van der Waals surface area contributed by atoms with Gasteiger partial charge in [-0.15, -0.1) is 0 Å². The Labute approximate surface area is 135 Å². The molecule has 2 aromatic carbocycles. The summed E-state index contributed by atoms with van der Waals surface area (Å²) in [5.74, 6) is 1.33. The van der Waals surface area contributed by atoms with Crippen LogP contribution in [-0.2, 0) is 15.2 Å². The third-order valence-electron chi connectivity index (χ3n) is 2.65. The molecule has 106 valence electrons. The molecule has 0 aromatic heterocycles. The molecule has 0 heterocycles. The van der Waals surface area contributed by atoms with Gasteiger partial charge in [-0.2, -0.15) is 0 Å². The van der Waals surface area contributed by atoms with Crippen molar-refractivity contribution in [3.8, 4) is 11.5 Å². The highest BCUT2D eigenvalue weighted by Crippen LogP contribution is 2.30. The molecule has 20 heavy (non-hydrogen) atoms. The number of hydrogen-bond acceptors (Lipinski definition) is 3. The highest BCUT2D eigenvalue weighted by atomic mass is 79.9. The predicted molar refractivity (Wildman–Crippen MR) is 86.4 cm³/mol. The van der Waals surface area contributed by atoms with Crippen molar-refractivity contribution in [3.63, 3.8) is 0 Å². The second-order valence-electron chi connectivity index (χ2n) is 4.23. The van der Waals surface area contributed by atoms with Gasteiger partial charge in [0.1, 0.15) is 11.5 Å². The first-order valence-electron chi connectivity index (χ1n) is 5.72. The van der Waals surface area contributed by atoms with Crippen LogP contribution in [0.4, 0.5) is 0 Å². The summed E-state index contributed by atoms with van der Waals surface area (Å²) >= 11 is 6.82. The van der Waals surface area contributed by atoms with Crippen LogP contribution in [0.1, 0.15) is 5.56 Å². The minimum Gasteiger partial charge on any atom is -0.457 e. The topological polar surface area (TPSA) is 43.4 Å². The molecule has 0 bridgehead atoms. The van der Waals surface area contributed by atoms with Crippen LogP contribution in [0.15, 0.2) is 51.8 Å². The zero-order valence-corrected chi connectivity index (χ0v) is 14.6. The van der Waals surface area contributed by atoms with Gasteiger partial charge in [-0.1, -0.05) is 31.9 Å². The number of halogens is 2. The molecule has 0 saturated carbocycles. The van der Waals surface area contributed by atoms with E-state index in [-0.39, 0.29) is 4.90 Å². The van der Waals surface area contributed by atoms with Gasteiger partial charge in [-0.3, -0.25) is 0 Å². The lowest BCUT2D eigenvalue weighted by molar-refractivity contribution is 0.478. The van der Waals surface area contributed by atoms with Crippen molar-refractivity contribution in [1.82, 2.24) is 0 Å². The predicted octanol–water partition coefficient (Wildman–Crippen LogP) is 4.54. The molecule has 0 unspecified atom stereocenters. The quantitative estimate of drug-likeness (QED) is 0.683. The van der Waals surface area contributed by atoms with Crippen molar-refractivity contribution < 1.29 is 13.2 Å². The van der Waals surface area contributed by atoms with E-state index in [0.717, 1.165) is 15.8 Å². The van der Waals surface area contributed by atoms with E-state index in [1.807, 2.05) is 18.2 Å². The van der Waals surface area contributed by atoms with Crippen molar-refractivity contribution in [2.45, 2.75) is 10.2 Å². The van der Waals surface area contributed by atoms with Gasteiger partial charge >= 0.3 is 0 Å². The monoisotopic (exact) mass is 418 g/mol. The molecule has 0 aliphatic rings. The van der Waals surface area contributed by atoms with Gasteiger partial charge in [0.05, 0.1) is 4.90 Å². The molecule has 0 aliphatic carbocycles. The lowest BCUT2D eigenvalue weighted by Crippen LogP contribution is -1.96. The summed E-state index contributed by atoms with van der Waals surface area (Å²) in [4.78, 5) is 0.279. The second kappa shape index (κ2) is 6.28. The molecule has 0 N–H and O–H groups in total. The lowest BCUT2D eigenvalue weighted by Gasteiger charge is -2.10. The summed E-state index contributed by atoms with van der Waals surface area (Å²) in [7, 11) is -3.18. The third kappa shape index (κ3) is 3.84. The van der Waals surface area contributed by atoms with Gasteiger partial charge in [-0.05, 0) is 42.5 Å². The summed E-state index contributed by atoms with van der Waals surface area (Å²) in [5, 5.41) is 0.670. The molecule has 0 spiro atoms. The molecular weight excluding hydrogens is 408 g/mol. The van der Waals surface area contributed by atoms with Crippen LogP contribution >= 0.6 is 31.9 Å². The summed E-state index contributed by atoms with van der Waals surface area (Å²) in [5.41, 5.74) is 1.01. The summed E-state index contributed by atoms with van der Waals surface area (Å²) in [6, 6.07) is 12.1. The number of ether oxygens (including phenoxy) is 1. The maximum atomic E-state index is 11.4. The van der Waals surface area contributed by atoms with Gasteiger partial charge in [0.15, 0.2) is 9.84 Å². The molecule has 0 saturated heterocycles. The number of hydrogen-bond donors (Lipinski definition) is 0. The fourth-order valence-corrected chi connectivity index (χ4v) is 3.11. The summed E-state index contributed by atoms with van der Waals surface area (Å²) in [6.45, 7) is 0. The fraction of sp³-hybridized carbons (Fsp3) is 0.143. The first-order chi connectivity index (χ1) is 9.40. The van der Waals surface area contributed by atoms with E-state index in [9.17, 15) is 8.42 Å². The largest absolute Gasteiger partial charge is 0.457 e. The maximum Gasteiger partial charge on any atom is 0.175 e. The molecule has 2 aromatic rings. The number of benzene rings is 2. The minimum atomic E-state index is -3.18. The smallest absolute Gasteiger partial charge is 0.175 e. The highest BCUT2D eigenvalue weighted by molar-refractivity contribution is 9.10. The molecule has 0 radical (unpaired) electrons. The number of alkyl halides is 1. The lowest BCUT2D eigenvalue weighted by atomic mass is 10.2. The van der Waals surface area contributed by atoms with E-state index in [0.29, 0.717) is 11.1 Å². The Morgan fingerprint density at radius 3 is 2.30 bits per heavy atom. The first-order valence-corrected chi connectivity index (χ1v) is 9.53. The second-order valence-corrected chi connectivity index (χ2v) is 7.72. The van der Waals surface area contributed by atoms with E-state index in [1.54, 1.807) is 12.1 Å². The van der Waals surface area contributed by atoms with Crippen LogP contribution in [-0.4, -0.2) is 14.7 Å². The highest BCUT2D eigenvalue weighted by Gasteiger charge is 2.08. The normalized spacial score (nSPS) is 11.3. The van der Waals surface area contributed by atoms with Gasteiger partial charge in [-0.25, -0.2) is 8.42 Å². The SMILES string of the molecule is CS(=O)(=O)c1ccc(Oc2ccc(Br)cc2CBr)cc1. The standard InChI is InChI=1S/C14H12Br2O3S/c1-20(17,18)13-5-3-12(4-6-13)19-14-7-2-11(16)8-10(14)9-15/h2-8H,9H2,1H3. The molecule has 0 atom stereocenters. The average molecular weight is 420 g/mol. The van der Waals surface area contributed by atoms with Crippen LogP contribution in [0.2, 0.25) is 0 Å². The van der Waals surface area contributed by atoms with Crippen molar-refractivity contribution in [3.05, 3.63) is 52.5 Å².